The highest BCUT2D eigenvalue weighted by Crippen LogP contribution is 2.11. The maximum Gasteiger partial charge on any atom is 0.330 e. The predicted molar refractivity (Wildman–Crippen MR) is 97.5 cm³/mol. The first-order valence-electron chi connectivity index (χ1n) is 8.69. The normalized spacial score (nSPS) is 9.74. The summed E-state index contributed by atoms with van der Waals surface area (Å²) in [6, 6.07) is 0.209. The molecule has 0 radical (unpaired) electrons. The number of hydrogen-bond acceptors (Lipinski definition) is 2. The van der Waals surface area contributed by atoms with Crippen LogP contribution in [0.25, 0.3) is 0 Å². The van der Waals surface area contributed by atoms with E-state index in [1.807, 2.05) is 13.8 Å². The van der Waals surface area contributed by atoms with Crippen molar-refractivity contribution < 1.29 is 14.7 Å². The van der Waals surface area contributed by atoms with E-state index in [9.17, 15) is 9.59 Å². The lowest BCUT2D eigenvalue weighted by atomic mass is 10.1. The van der Waals surface area contributed by atoms with Crippen LogP contribution in [0.4, 0.5) is 0 Å². The summed E-state index contributed by atoms with van der Waals surface area (Å²) < 4.78 is 0. The van der Waals surface area contributed by atoms with E-state index in [1.54, 1.807) is 0 Å². The van der Waals surface area contributed by atoms with Crippen molar-refractivity contribution in [2.24, 2.45) is 0 Å². The fourth-order valence-corrected chi connectivity index (χ4v) is 1.92. The number of carbonyl (C=O) groups is 2. The maximum atomic E-state index is 10.4. The number of unbranched alkanes of at least 4 members (excludes halogenated alkanes) is 7. The Balaban J connectivity index is 0. The van der Waals surface area contributed by atoms with Crippen molar-refractivity contribution in [1.29, 1.82) is 0 Å². The van der Waals surface area contributed by atoms with E-state index in [-0.39, 0.29) is 11.9 Å². The standard InChI is InChI=1S/C13H24O2.C6H11NO/c1-3-4-5-6-7-8-9-10-11-12(2)13(14)15;1-4-6(8)7-5(2)3/h2-11H2,1H3,(H,14,15);4-5H,1H2,2-3H3,(H,7,8). The van der Waals surface area contributed by atoms with Crippen molar-refractivity contribution in [1.82, 2.24) is 5.32 Å². The molecule has 0 aromatic carbocycles. The van der Waals surface area contributed by atoms with Crippen LogP contribution in [0.5, 0.6) is 0 Å². The van der Waals surface area contributed by atoms with Gasteiger partial charge in [0.05, 0.1) is 0 Å². The minimum Gasteiger partial charge on any atom is -0.478 e. The third-order valence-corrected chi connectivity index (χ3v) is 3.25. The molecule has 0 aliphatic carbocycles. The van der Waals surface area contributed by atoms with Gasteiger partial charge in [-0.1, -0.05) is 65.0 Å². The van der Waals surface area contributed by atoms with Crippen LogP contribution in [-0.4, -0.2) is 23.0 Å². The highest BCUT2D eigenvalue weighted by atomic mass is 16.4. The van der Waals surface area contributed by atoms with Gasteiger partial charge in [0.15, 0.2) is 0 Å². The van der Waals surface area contributed by atoms with Gasteiger partial charge in [0, 0.05) is 11.6 Å². The number of nitrogens with one attached hydrogen (secondary N) is 1. The molecule has 0 aliphatic rings. The van der Waals surface area contributed by atoms with Gasteiger partial charge in [-0.05, 0) is 32.8 Å². The number of carboxylic acids is 1. The molecule has 0 fully saturated rings. The van der Waals surface area contributed by atoms with Crippen LogP contribution in [0.3, 0.4) is 0 Å². The summed E-state index contributed by atoms with van der Waals surface area (Å²) in [6.45, 7) is 12.8. The van der Waals surface area contributed by atoms with Gasteiger partial charge in [-0.3, -0.25) is 4.79 Å². The minimum atomic E-state index is -0.849. The highest BCUT2D eigenvalue weighted by Gasteiger charge is 2.02. The molecule has 0 heterocycles. The SMILES string of the molecule is C=C(CCCCCCCCCC)C(=O)O.C=CC(=O)NC(C)C. The monoisotopic (exact) mass is 325 g/mol. The van der Waals surface area contributed by atoms with Gasteiger partial charge in [0.1, 0.15) is 0 Å². The van der Waals surface area contributed by atoms with E-state index in [0.717, 1.165) is 12.8 Å². The first kappa shape index (κ1) is 23.7. The van der Waals surface area contributed by atoms with Crippen molar-refractivity contribution in [3.05, 3.63) is 24.8 Å². The van der Waals surface area contributed by atoms with Crippen molar-refractivity contribution in [3.8, 4) is 0 Å². The molecule has 1 amide bonds. The van der Waals surface area contributed by atoms with Crippen molar-refractivity contribution >= 4 is 11.9 Å². The third-order valence-electron chi connectivity index (χ3n) is 3.25. The summed E-state index contributed by atoms with van der Waals surface area (Å²) in [4.78, 5) is 20.8. The summed E-state index contributed by atoms with van der Waals surface area (Å²) >= 11 is 0. The van der Waals surface area contributed by atoms with Gasteiger partial charge in [-0.15, -0.1) is 0 Å². The zero-order chi connectivity index (χ0) is 18.1. The Morgan fingerprint density at radius 3 is 1.87 bits per heavy atom. The van der Waals surface area contributed by atoms with E-state index in [4.69, 9.17) is 5.11 Å². The Morgan fingerprint density at radius 2 is 1.52 bits per heavy atom. The molecule has 0 atom stereocenters. The van der Waals surface area contributed by atoms with Crippen LogP contribution >= 0.6 is 0 Å². The smallest absolute Gasteiger partial charge is 0.330 e. The number of rotatable bonds is 12. The molecule has 23 heavy (non-hydrogen) atoms. The van der Waals surface area contributed by atoms with Gasteiger partial charge in [-0.25, -0.2) is 4.79 Å². The Labute approximate surface area is 142 Å². The largest absolute Gasteiger partial charge is 0.478 e. The number of aliphatic carboxylic acids is 1. The number of carbonyl (C=O) groups excluding carboxylic acids is 1. The van der Waals surface area contributed by atoms with Gasteiger partial charge >= 0.3 is 5.97 Å². The average Bonchev–Trinajstić information content (AvgIpc) is 2.49. The number of hydrogen-bond donors (Lipinski definition) is 2. The maximum absolute atomic E-state index is 10.4. The molecule has 0 aromatic rings. The molecule has 2 N–H and O–H groups in total. The van der Waals surface area contributed by atoms with Gasteiger partial charge in [0.25, 0.3) is 0 Å². The van der Waals surface area contributed by atoms with Crippen molar-refractivity contribution in [2.45, 2.75) is 84.6 Å². The fraction of sp³-hybridized carbons (Fsp3) is 0.684. The highest BCUT2D eigenvalue weighted by molar-refractivity contribution is 5.87. The molecule has 0 spiro atoms. The van der Waals surface area contributed by atoms with Crippen LogP contribution in [-0.2, 0) is 9.59 Å². The summed E-state index contributed by atoms with van der Waals surface area (Å²) in [6.07, 6.45) is 11.8. The molecule has 0 saturated heterocycles. The Bertz CT molecular complexity index is 349. The molecular weight excluding hydrogens is 290 g/mol. The first-order valence-corrected chi connectivity index (χ1v) is 8.69. The van der Waals surface area contributed by atoms with Gasteiger partial charge in [0.2, 0.25) is 5.91 Å². The Kier molecular flexibility index (Phi) is 17.3. The van der Waals surface area contributed by atoms with Crippen molar-refractivity contribution in [2.75, 3.05) is 0 Å². The zero-order valence-corrected chi connectivity index (χ0v) is 15.2. The predicted octanol–water partition coefficient (Wildman–Crippen LogP) is 4.86. The summed E-state index contributed by atoms with van der Waals surface area (Å²) in [5.41, 5.74) is 0.348. The second kappa shape index (κ2) is 16.8. The number of carboxylic acid groups (broad SMARTS) is 1. The molecule has 0 saturated carbocycles. The van der Waals surface area contributed by atoms with E-state index < -0.39 is 5.97 Å². The molecule has 0 unspecified atom stereocenters. The third kappa shape index (κ3) is 20.4. The summed E-state index contributed by atoms with van der Waals surface area (Å²) in [5, 5.41) is 11.2. The molecule has 0 aromatic heterocycles. The van der Waals surface area contributed by atoms with Crippen LogP contribution < -0.4 is 5.32 Å². The number of amides is 1. The van der Waals surface area contributed by atoms with E-state index >= 15 is 0 Å². The van der Waals surface area contributed by atoms with Crippen LogP contribution in [0, 0.1) is 0 Å². The quantitative estimate of drug-likeness (QED) is 0.398. The summed E-state index contributed by atoms with van der Waals surface area (Å²) in [7, 11) is 0. The summed E-state index contributed by atoms with van der Waals surface area (Å²) in [5.74, 6) is -0.960. The molecule has 0 rings (SSSR count). The minimum absolute atomic E-state index is 0.111. The van der Waals surface area contributed by atoms with E-state index in [2.05, 4.69) is 25.4 Å². The van der Waals surface area contributed by atoms with Gasteiger partial charge in [-0.2, -0.15) is 0 Å². The second-order valence-corrected chi connectivity index (χ2v) is 6.00. The van der Waals surface area contributed by atoms with Crippen LogP contribution in [0.15, 0.2) is 24.8 Å². The van der Waals surface area contributed by atoms with Gasteiger partial charge < -0.3 is 10.4 Å². The lowest BCUT2D eigenvalue weighted by Gasteiger charge is -2.02. The molecule has 0 aliphatic heterocycles. The van der Waals surface area contributed by atoms with Crippen molar-refractivity contribution in [3.63, 3.8) is 0 Å². The lowest BCUT2D eigenvalue weighted by molar-refractivity contribution is -0.132. The molecule has 134 valence electrons. The molecule has 4 nitrogen and oxygen atoms in total. The second-order valence-electron chi connectivity index (χ2n) is 6.00. The molecule has 4 heteroatoms. The topological polar surface area (TPSA) is 66.4 Å². The van der Waals surface area contributed by atoms with Crippen LogP contribution in [0.1, 0.15) is 78.6 Å². The van der Waals surface area contributed by atoms with Crippen LogP contribution in [0.2, 0.25) is 0 Å². The molecular formula is C19H35NO3. The Hall–Kier alpha value is -1.58. The van der Waals surface area contributed by atoms with E-state index in [1.165, 1.54) is 44.6 Å². The Morgan fingerprint density at radius 1 is 1.04 bits per heavy atom. The lowest BCUT2D eigenvalue weighted by Crippen LogP contribution is -2.27. The average molecular weight is 325 g/mol. The van der Waals surface area contributed by atoms with E-state index in [0.29, 0.717) is 12.0 Å². The molecule has 0 bridgehead atoms. The fourth-order valence-electron chi connectivity index (χ4n) is 1.92. The first-order chi connectivity index (χ1) is 10.8. The zero-order valence-electron chi connectivity index (χ0n) is 15.2.